The molecule has 1 aliphatic rings. The van der Waals surface area contributed by atoms with Crippen LogP contribution >= 0.6 is 15.9 Å². The molecule has 0 aliphatic carbocycles. The summed E-state index contributed by atoms with van der Waals surface area (Å²) < 4.78 is 48.3. The summed E-state index contributed by atoms with van der Waals surface area (Å²) in [6.45, 7) is 0.205. The number of benzene rings is 3. The molecule has 28 heavy (non-hydrogen) atoms. The average Bonchev–Trinajstić information content (AvgIpc) is 2.66. The first-order chi connectivity index (χ1) is 13.4. The summed E-state index contributed by atoms with van der Waals surface area (Å²) in [6, 6.07) is 17.9. The van der Waals surface area contributed by atoms with Gasteiger partial charge in [0.25, 0.3) is 10.0 Å². The van der Waals surface area contributed by atoms with Gasteiger partial charge in [0, 0.05) is 5.56 Å². The Morgan fingerprint density at radius 2 is 1.86 bits per heavy atom. The van der Waals surface area contributed by atoms with E-state index >= 15 is 0 Å². The van der Waals surface area contributed by atoms with Gasteiger partial charge in [-0.15, -0.1) is 4.40 Å². The fourth-order valence-corrected chi connectivity index (χ4v) is 4.42. The van der Waals surface area contributed by atoms with Crippen LogP contribution in [0.3, 0.4) is 0 Å². The monoisotopic (exact) mass is 460 g/mol. The zero-order valence-electron chi connectivity index (χ0n) is 14.4. The van der Waals surface area contributed by atoms with Gasteiger partial charge in [-0.2, -0.15) is 8.42 Å². The third-order valence-electron chi connectivity index (χ3n) is 4.12. The molecule has 0 atom stereocenters. The average molecular weight is 461 g/mol. The maximum atomic E-state index is 13.3. The summed E-state index contributed by atoms with van der Waals surface area (Å²) in [5, 5.41) is 3.05. The van der Waals surface area contributed by atoms with Crippen molar-refractivity contribution in [2.45, 2.75) is 11.5 Å². The molecule has 3 aromatic carbocycles. The molecule has 0 bridgehead atoms. The molecule has 3 aromatic rings. The van der Waals surface area contributed by atoms with Crippen LogP contribution in [0.15, 0.2) is 80.5 Å². The minimum absolute atomic E-state index is 0.146. The van der Waals surface area contributed by atoms with E-state index in [9.17, 15) is 12.8 Å². The van der Waals surface area contributed by atoms with Gasteiger partial charge in [-0.05, 0) is 64.0 Å². The summed E-state index contributed by atoms with van der Waals surface area (Å²) in [5.41, 5.74) is 1.77. The number of hydrogen-bond acceptors (Lipinski definition) is 4. The minimum Gasteiger partial charge on any atom is -0.488 e. The van der Waals surface area contributed by atoms with Crippen LogP contribution in [0.25, 0.3) is 0 Å². The zero-order valence-corrected chi connectivity index (χ0v) is 16.8. The van der Waals surface area contributed by atoms with Crippen molar-refractivity contribution in [2.24, 2.45) is 4.40 Å². The standard InChI is InChI=1S/C20H14BrFN2O3S/c21-16-11-14(8-9-18(16)27-12-13-4-3-5-15(22)10-13)20-23-17-6-1-2-7-19(17)28(25,26)24-20/h1-11H,12H2,(H,23,24). The second-order valence-electron chi connectivity index (χ2n) is 6.10. The highest BCUT2D eigenvalue weighted by atomic mass is 79.9. The number of sulfonamides is 1. The van der Waals surface area contributed by atoms with Crippen molar-refractivity contribution in [3.63, 3.8) is 0 Å². The number of anilines is 1. The molecule has 4 rings (SSSR count). The van der Waals surface area contributed by atoms with Crippen molar-refractivity contribution in [3.05, 3.63) is 88.1 Å². The smallest absolute Gasteiger partial charge is 0.286 e. The van der Waals surface area contributed by atoms with E-state index in [4.69, 9.17) is 4.74 Å². The Kier molecular flexibility index (Phi) is 4.91. The van der Waals surface area contributed by atoms with Crippen LogP contribution in [-0.4, -0.2) is 14.3 Å². The quantitative estimate of drug-likeness (QED) is 0.610. The Balaban J connectivity index is 1.58. The van der Waals surface area contributed by atoms with Crippen LogP contribution in [0.2, 0.25) is 0 Å². The second-order valence-corrected chi connectivity index (χ2v) is 8.53. The molecule has 1 aliphatic heterocycles. The highest BCUT2D eigenvalue weighted by Crippen LogP contribution is 2.31. The molecular formula is C20H14BrFN2O3S. The highest BCUT2D eigenvalue weighted by Gasteiger charge is 2.25. The number of para-hydroxylation sites is 1. The fourth-order valence-electron chi connectivity index (χ4n) is 2.79. The lowest BCUT2D eigenvalue weighted by atomic mass is 10.2. The molecule has 1 heterocycles. The Morgan fingerprint density at radius 1 is 1.04 bits per heavy atom. The third-order valence-corrected chi connectivity index (χ3v) is 6.07. The molecule has 0 radical (unpaired) electrons. The van der Waals surface area contributed by atoms with Crippen molar-refractivity contribution in [2.75, 3.05) is 5.32 Å². The molecule has 0 fully saturated rings. The number of ether oxygens (including phenoxy) is 1. The Labute approximate surface area is 170 Å². The number of halogens is 2. The van der Waals surface area contributed by atoms with Crippen LogP contribution in [0.4, 0.5) is 10.1 Å². The molecule has 1 N–H and O–H groups in total. The van der Waals surface area contributed by atoms with E-state index < -0.39 is 10.0 Å². The van der Waals surface area contributed by atoms with Crippen molar-refractivity contribution in [3.8, 4) is 5.75 Å². The Morgan fingerprint density at radius 3 is 2.64 bits per heavy atom. The number of nitrogens with zero attached hydrogens (tertiary/aromatic N) is 1. The van der Waals surface area contributed by atoms with Gasteiger partial charge < -0.3 is 10.1 Å². The molecule has 0 unspecified atom stereocenters. The molecule has 0 aromatic heterocycles. The molecule has 0 saturated heterocycles. The maximum Gasteiger partial charge on any atom is 0.286 e. The van der Waals surface area contributed by atoms with Crippen LogP contribution in [0.1, 0.15) is 11.1 Å². The highest BCUT2D eigenvalue weighted by molar-refractivity contribution is 9.10. The first-order valence-electron chi connectivity index (χ1n) is 8.30. The lowest BCUT2D eigenvalue weighted by Crippen LogP contribution is -2.22. The van der Waals surface area contributed by atoms with E-state index in [1.165, 1.54) is 18.2 Å². The van der Waals surface area contributed by atoms with Gasteiger partial charge in [-0.1, -0.05) is 24.3 Å². The minimum atomic E-state index is -3.77. The van der Waals surface area contributed by atoms with E-state index in [-0.39, 0.29) is 23.2 Å². The number of hydrogen-bond donors (Lipinski definition) is 1. The first-order valence-corrected chi connectivity index (χ1v) is 10.5. The lowest BCUT2D eigenvalue weighted by Gasteiger charge is -2.18. The van der Waals surface area contributed by atoms with Gasteiger partial charge in [0.15, 0.2) is 5.84 Å². The normalized spacial score (nSPS) is 14.6. The van der Waals surface area contributed by atoms with Crippen molar-refractivity contribution in [1.82, 2.24) is 0 Å². The van der Waals surface area contributed by atoms with E-state index in [1.54, 1.807) is 48.5 Å². The summed E-state index contributed by atoms with van der Waals surface area (Å²) in [6.07, 6.45) is 0. The van der Waals surface area contributed by atoms with Crippen molar-refractivity contribution in [1.29, 1.82) is 0 Å². The topological polar surface area (TPSA) is 67.8 Å². The molecule has 142 valence electrons. The summed E-state index contributed by atoms with van der Waals surface area (Å²) in [7, 11) is -3.77. The number of fused-ring (bicyclic) bond motifs is 1. The molecule has 8 heteroatoms. The van der Waals surface area contributed by atoms with Gasteiger partial charge >= 0.3 is 0 Å². The van der Waals surface area contributed by atoms with Crippen LogP contribution in [-0.2, 0) is 16.6 Å². The predicted molar refractivity (Wildman–Crippen MR) is 109 cm³/mol. The lowest BCUT2D eigenvalue weighted by molar-refractivity contribution is 0.303. The fraction of sp³-hybridized carbons (Fsp3) is 0.0500. The number of amidine groups is 1. The molecule has 0 spiro atoms. The maximum absolute atomic E-state index is 13.3. The zero-order chi connectivity index (χ0) is 19.7. The van der Waals surface area contributed by atoms with E-state index in [0.717, 1.165) is 0 Å². The summed E-state index contributed by atoms with van der Waals surface area (Å²) in [5.74, 6) is 0.460. The Bertz CT molecular complexity index is 1200. The van der Waals surface area contributed by atoms with Crippen LogP contribution in [0, 0.1) is 5.82 Å². The number of nitrogens with one attached hydrogen (secondary N) is 1. The molecule has 0 amide bonds. The van der Waals surface area contributed by atoms with Gasteiger partial charge in [0.05, 0.1) is 10.2 Å². The van der Waals surface area contributed by atoms with E-state index in [0.29, 0.717) is 27.0 Å². The van der Waals surface area contributed by atoms with Gasteiger partial charge in [0.1, 0.15) is 23.1 Å². The molecule has 0 saturated carbocycles. The first kappa shape index (κ1) is 18.6. The largest absolute Gasteiger partial charge is 0.488 e. The van der Waals surface area contributed by atoms with E-state index in [2.05, 4.69) is 25.6 Å². The third kappa shape index (κ3) is 3.79. The predicted octanol–water partition coefficient (Wildman–Crippen LogP) is 4.73. The van der Waals surface area contributed by atoms with Gasteiger partial charge in [0.2, 0.25) is 0 Å². The SMILES string of the molecule is O=S1(=O)N=C(c2ccc(OCc3cccc(F)c3)c(Br)c2)Nc2ccccc21. The molecule has 5 nitrogen and oxygen atoms in total. The van der Waals surface area contributed by atoms with Crippen LogP contribution < -0.4 is 10.1 Å². The molecular weight excluding hydrogens is 447 g/mol. The second kappa shape index (κ2) is 7.37. The Hall–Kier alpha value is -2.71. The summed E-state index contributed by atoms with van der Waals surface area (Å²) >= 11 is 3.43. The van der Waals surface area contributed by atoms with Gasteiger partial charge in [-0.3, -0.25) is 0 Å². The van der Waals surface area contributed by atoms with E-state index in [1.807, 2.05) is 0 Å². The van der Waals surface area contributed by atoms with Crippen molar-refractivity contribution >= 4 is 37.5 Å². The summed E-state index contributed by atoms with van der Waals surface area (Å²) in [4.78, 5) is 0.146. The van der Waals surface area contributed by atoms with Crippen LogP contribution in [0.5, 0.6) is 5.75 Å². The van der Waals surface area contributed by atoms with Crippen molar-refractivity contribution < 1.29 is 17.5 Å². The number of rotatable bonds is 4. The van der Waals surface area contributed by atoms with Gasteiger partial charge in [-0.25, -0.2) is 4.39 Å².